The van der Waals surface area contributed by atoms with Gasteiger partial charge in [0.05, 0.1) is 0 Å². The summed E-state index contributed by atoms with van der Waals surface area (Å²) in [5.41, 5.74) is 1.47. The van der Waals surface area contributed by atoms with Crippen LogP contribution < -0.4 is 0 Å². The molecule has 0 aliphatic rings. The predicted octanol–water partition coefficient (Wildman–Crippen LogP) is 3.42. The maximum Gasteiger partial charge on any atom is 0.127 e. The van der Waals surface area contributed by atoms with Crippen LogP contribution in [0.25, 0.3) is 11.1 Å². The van der Waals surface area contributed by atoms with Gasteiger partial charge in [0.15, 0.2) is 0 Å². The first-order valence-electron chi connectivity index (χ1n) is 4.45. The Balaban J connectivity index is 2.54. The van der Waals surface area contributed by atoms with E-state index < -0.39 is 0 Å². The van der Waals surface area contributed by atoms with Crippen LogP contribution in [-0.2, 0) is 0 Å². The molecule has 0 heterocycles. The number of halogens is 1. The van der Waals surface area contributed by atoms with E-state index in [-0.39, 0.29) is 11.5 Å². The van der Waals surface area contributed by atoms with E-state index in [0.29, 0.717) is 10.6 Å². The minimum absolute atomic E-state index is 0.0391. The molecule has 2 aromatic carbocycles. The molecular formula is C12H9ClO2. The molecule has 0 aromatic heterocycles. The van der Waals surface area contributed by atoms with Crippen LogP contribution in [0.3, 0.4) is 0 Å². The van der Waals surface area contributed by atoms with Crippen molar-refractivity contribution in [2.24, 2.45) is 0 Å². The first-order chi connectivity index (χ1) is 7.16. The Kier molecular flexibility index (Phi) is 2.52. The zero-order chi connectivity index (χ0) is 10.8. The highest BCUT2D eigenvalue weighted by molar-refractivity contribution is 6.30. The molecule has 0 unspecified atom stereocenters. The molecule has 15 heavy (non-hydrogen) atoms. The van der Waals surface area contributed by atoms with Crippen LogP contribution >= 0.6 is 11.6 Å². The summed E-state index contributed by atoms with van der Waals surface area (Å²) >= 11 is 5.85. The van der Waals surface area contributed by atoms with Crippen molar-refractivity contribution in [2.75, 3.05) is 0 Å². The number of aromatic hydroxyl groups is 2. The summed E-state index contributed by atoms with van der Waals surface area (Å²) in [7, 11) is 0. The standard InChI is InChI=1S/C12H9ClO2/c13-9-3-1-2-8(6-9)11-5-4-10(14)7-12(11)15/h1-7,14-15H. The number of phenolic OH excluding ortho intramolecular Hbond substituents is 2. The maximum atomic E-state index is 9.63. The van der Waals surface area contributed by atoms with Gasteiger partial charge in [0.25, 0.3) is 0 Å². The molecule has 0 amide bonds. The molecule has 2 N–H and O–H groups in total. The third-order valence-corrected chi connectivity index (χ3v) is 2.35. The van der Waals surface area contributed by atoms with Gasteiger partial charge in [0, 0.05) is 16.7 Å². The Hall–Kier alpha value is -1.67. The van der Waals surface area contributed by atoms with Gasteiger partial charge in [0.1, 0.15) is 11.5 Å². The van der Waals surface area contributed by atoms with E-state index in [9.17, 15) is 5.11 Å². The topological polar surface area (TPSA) is 40.5 Å². The van der Waals surface area contributed by atoms with Crippen molar-refractivity contribution in [3.8, 4) is 22.6 Å². The summed E-state index contributed by atoms with van der Waals surface area (Å²) in [5.74, 6) is 0.0792. The quantitative estimate of drug-likeness (QED) is 0.773. The molecule has 0 radical (unpaired) electrons. The molecule has 0 spiro atoms. The van der Waals surface area contributed by atoms with Gasteiger partial charge < -0.3 is 10.2 Å². The van der Waals surface area contributed by atoms with Crippen molar-refractivity contribution in [1.82, 2.24) is 0 Å². The molecule has 0 fully saturated rings. The Morgan fingerprint density at radius 3 is 2.40 bits per heavy atom. The molecule has 0 saturated carbocycles. The minimum Gasteiger partial charge on any atom is -0.508 e. The molecule has 2 aromatic rings. The number of hydrogen-bond acceptors (Lipinski definition) is 2. The summed E-state index contributed by atoms with van der Waals surface area (Å²) in [6.45, 7) is 0. The summed E-state index contributed by atoms with van der Waals surface area (Å²) in [4.78, 5) is 0. The highest BCUT2D eigenvalue weighted by Gasteiger charge is 2.04. The molecule has 76 valence electrons. The van der Waals surface area contributed by atoms with Gasteiger partial charge in [-0.05, 0) is 29.8 Å². The monoisotopic (exact) mass is 220 g/mol. The Morgan fingerprint density at radius 2 is 1.73 bits per heavy atom. The Bertz CT molecular complexity index is 495. The first kappa shape index (κ1) is 9.87. The second kappa shape index (κ2) is 3.83. The lowest BCUT2D eigenvalue weighted by Gasteiger charge is -2.05. The minimum atomic E-state index is 0.0391. The van der Waals surface area contributed by atoms with Crippen molar-refractivity contribution in [2.45, 2.75) is 0 Å². The third kappa shape index (κ3) is 2.05. The van der Waals surface area contributed by atoms with Gasteiger partial charge in [-0.3, -0.25) is 0 Å². The van der Waals surface area contributed by atoms with Crippen molar-refractivity contribution >= 4 is 11.6 Å². The highest BCUT2D eigenvalue weighted by atomic mass is 35.5. The second-order valence-electron chi connectivity index (χ2n) is 3.21. The van der Waals surface area contributed by atoms with E-state index in [0.717, 1.165) is 5.56 Å². The fourth-order valence-electron chi connectivity index (χ4n) is 1.42. The van der Waals surface area contributed by atoms with Crippen molar-refractivity contribution in [3.05, 3.63) is 47.5 Å². The van der Waals surface area contributed by atoms with Gasteiger partial charge in [0.2, 0.25) is 0 Å². The normalized spacial score (nSPS) is 10.2. The van der Waals surface area contributed by atoms with E-state index >= 15 is 0 Å². The van der Waals surface area contributed by atoms with E-state index in [4.69, 9.17) is 16.7 Å². The zero-order valence-electron chi connectivity index (χ0n) is 7.81. The van der Waals surface area contributed by atoms with Crippen molar-refractivity contribution < 1.29 is 10.2 Å². The van der Waals surface area contributed by atoms with Crippen LogP contribution in [0.4, 0.5) is 0 Å². The van der Waals surface area contributed by atoms with E-state index in [2.05, 4.69) is 0 Å². The van der Waals surface area contributed by atoms with Crippen LogP contribution in [-0.4, -0.2) is 10.2 Å². The van der Waals surface area contributed by atoms with Gasteiger partial charge in [-0.1, -0.05) is 23.7 Å². The lowest BCUT2D eigenvalue weighted by Crippen LogP contribution is -1.78. The Morgan fingerprint density at radius 1 is 0.933 bits per heavy atom. The maximum absolute atomic E-state index is 9.63. The number of rotatable bonds is 1. The fraction of sp³-hybridized carbons (Fsp3) is 0. The largest absolute Gasteiger partial charge is 0.508 e. The van der Waals surface area contributed by atoms with Crippen LogP contribution in [0.2, 0.25) is 5.02 Å². The summed E-state index contributed by atoms with van der Waals surface area (Å²) in [5, 5.41) is 19.4. The fourth-order valence-corrected chi connectivity index (χ4v) is 1.61. The summed E-state index contributed by atoms with van der Waals surface area (Å²) in [6, 6.07) is 11.7. The predicted molar refractivity (Wildman–Crippen MR) is 60.2 cm³/mol. The van der Waals surface area contributed by atoms with Crippen LogP contribution in [0, 0.1) is 0 Å². The summed E-state index contributed by atoms with van der Waals surface area (Å²) in [6.07, 6.45) is 0. The molecule has 0 atom stereocenters. The van der Waals surface area contributed by atoms with Crippen LogP contribution in [0.15, 0.2) is 42.5 Å². The van der Waals surface area contributed by atoms with E-state index in [1.54, 1.807) is 18.2 Å². The van der Waals surface area contributed by atoms with Crippen molar-refractivity contribution in [3.63, 3.8) is 0 Å². The number of phenols is 2. The van der Waals surface area contributed by atoms with Crippen LogP contribution in [0.5, 0.6) is 11.5 Å². The van der Waals surface area contributed by atoms with Crippen LogP contribution in [0.1, 0.15) is 0 Å². The molecule has 0 aliphatic heterocycles. The van der Waals surface area contributed by atoms with Gasteiger partial charge in [-0.25, -0.2) is 0 Å². The molecular weight excluding hydrogens is 212 g/mol. The lowest BCUT2D eigenvalue weighted by molar-refractivity contribution is 0.452. The Labute approximate surface area is 92.4 Å². The van der Waals surface area contributed by atoms with Gasteiger partial charge >= 0.3 is 0 Å². The molecule has 2 nitrogen and oxygen atoms in total. The molecule has 0 bridgehead atoms. The lowest BCUT2D eigenvalue weighted by atomic mass is 10.0. The SMILES string of the molecule is Oc1ccc(-c2cccc(Cl)c2)c(O)c1. The zero-order valence-corrected chi connectivity index (χ0v) is 8.57. The smallest absolute Gasteiger partial charge is 0.127 e. The first-order valence-corrected chi connectivity index (χ1v) is 4.82. The average molecular weight is 221 g/mol. The van der Waals surface area contributed by atoms with Gasteiger partial charge in [-0.2, -0.15) is 0 Å². The third-order valence-electron chi connectivity index (χ3n) is 2.12. The number of hydrogen-bond donors (Lipinski definition) is 2. The molecule has 0 saturated heterocycles. The molecule has 3 heteroatoms. The molecule has 0 aliphatic carbocycles. The van der Waals surface area contributed by atoms with Crippen molar-refractivity contribution in [1.29, 1.82) is 0 Å². The second-order valence-corrected chi connectivity index (χ2v) is 3.65. The van der Waals surface area contributed by atoms with Gasteiger partial charge in [-0.15, -0.1) is 0 Å². The average Bonchev–Trinajstić information content (AvgIpc) is 2.17. The summed E-state index contributed by atoms with van der Waals surface area (Å²) < 4.78 is 0. The van der Waals surface area contributed by atoms with E-state index in [1.807, 2.05) is 12.1 Å². The highest BCUT2D eigenvalue weighted by Crippen LogP contribution is 2.32. The van der Waals surface area contributed by atoms with E-state index in [1.165, 1.54) is 12.1 Å². The number of benzene rings is 2. The molecule has 2 rings (SSSR count).